The van der Waals surface area contributed by atoms with Gasteiger partial charge in [0.2, 0.25) is 35.4 Å². The number of rotatable bonds is 33. The van der Waals surface area contributed by atoms with Crippen molar-refractivity contribution in [2.24, 2.45) is 44.4 Å². The van der Waals surface area contributed by atoms with Crippen LogP contribution in [0.1, 0.15) is 67.2 Å². The summed E-state index contributed by atoms with van der Waals surface area (Å²) >= 11 is 0. The number of phenols is 2. The highest BCUT2D eigenvalue weighted by Gasteiger charge is 2.34. The Hall–Kier alpha value is -8.77. The maximum atomic E-state index is 14.8. The second-order valence-corrected chi connectivity index (χ2v) is 18.6. The molecule has 0 aliphatic rings. The molecular formula is C54H74N14O10. The minimum atomic E-state index is -1.47. The largest absolute Gasteiger partial charge is 0.508 e. The number of nitrogens with two attached hydrogens (primary N) is 6. The van der Waals surface area contributed by atoms with Crippen LogP contribution in [-0.4, -0.2) is 131 Å². The standard InChI is InChI=1S/C54H74N14O10/c55-26-8-7-15-42(52(77)78)65-47(72)40(16-9-27-61-53(57)58)63-50(75)44(31-34-13-5-2-6-14-34)68-51(76)45(32-36-20-24-38(70)25-21-36)67-48(73)41(17-10-28-62-54(59)60)64-49(74)43(30-33-11-3-1-4-12-33)66-46(71)39(56)29-35-18-22-37(69)23-19-35/h1-6,11-14,18-25,39-45,69-70H,7-10,15-17,26-32,55-56H2,(H,63,75)(H,64,74)(H,65,72)(H,66,71)(H,67,73)(H,68,76)(H,77,78)(H4,57,58,61)(H4,59,60,62)/t39-,40-,41-,42-,43-,44-,45-/m0/s1. The van der Waals surface area contributed by atoms with E-state index in [4.69, 9.17) is 34.4 Å². The number of carbonyl (C=O) groups excluding carboxylic acids is 6. The van der Waals surface area contributed by atoms with Crippen LogP contribution in [0.2, 0.25) is 0 Å². The van der Waals surface area contributed by atoms with Crippen LogP contribution >= 0.6 is 0 Å². The molecule has 24 heteroatoms. The summed E-state index contributed by atoms with van der Waals surface area (Å²) in [7, 11) is 0. The number of unbranched alkanes of at least 4 members (excludes halogenated alkanes) is 1. The first kappa shape index (κ1) is 61.8. The Kier molecular flexibility index (Phi) is 25.8. The molecule has 0 aliphatic carbocycles. The number of aliphatic imine (C=N–C) groups is 2. The number of carboxylic acids is 1. The first-order chi connectivity index (χ1) is 37.3. The Balaban J connectivity index is 1.68. The van der Waals surface area contributed by atoms with Crippen LogP contribution in [0.15, 0.2) is 119 Å². The minimum Gasteiger partial charge on any atom is -0.508 e. The summed E-state index contributed by atoms with van der Waals surface area (Å²) in [6.45, 7) is 0.426. The predicted octanol–water partition coefficient (Wildman–Crippen LogP) is -1.07. The van der Waals surface area contributed by atoms with E-state index in [-0.39, 0.29) is 94.3 Å². The third-order valence-corrected chi connectivity index (χ3v) is 12.3. The molecule has 0 saturated carbocycles. The first-order valence-electron chi connectivity index (χ1n) is 25.6. The van der Waals surface area contributed by atoms with Crippen molar-refractivity contribution in [1.82, 2.24) is 31.9 Å². The third-order valence-electron chi connectivity index (χ3n) is 12.3. The van der Waals surface area contributed by atoms with E-state index in [1.54, 1.807) is 72.8 Å². The molecule has 4 rings (SSSR count). The van der Waals surface area contributed by atoms with Gasteiger partial charge >= 0.3 is 5.97 Å². The third kappa shape index (κ3) is 22.6. The second kappa shape index (κ2) is 32.6. The van der Waals surface area contributed by atoms with Crippen molar-refractivity contribution in [2.75, 3.05) is 19.6 Å². The number of carbonyl (C=O) groups is 7. The summed E-state index contributed by atoms with van der Waals surface area (Å²) in [5, 5.41) is 46.0. The Labute approximate surface area is 452 Å². The minimum absolute atomic E-state index is 0.0167. The van der Waals surface area contributed by atoms with Gasteiger partial charge in [-0.2, -0.15) is 0 Å². The Morgan fingerprint density at radius 2 is 0.731 bits per heavy atom. The summed E-state index contributed by atoms with van der Waals surface area (Å²) < 4.78 is 0. The lowest BCUT2D eigenvalue weighted by molar-refractivity contribution is -0.142. The number of nitrogens with zero attached hydrogens (tertiary/aromatic N) is 2. The highest BCUT2D eigenvalue weighted by molar-refractivity contribution is 5.97. The average molecular weight is 1080 g/mol. The first-order valence-corrected chi connectivity index (χ1v) is 25.6. The number of aromatic hydroxyl groups is 2. The summed E-state index contributed by atoms with van der Waals surface area (Å²) in [6, 6.07) is 20.1. The SMILES string of the molecule is NCCCC[C@H](NC(=O)[C@H](CCCN=C(N)N)NC(=O)[C@H](Cc1ccccc1)NC(=O)[C@H](Cc1ccc(O)cc1)NC(=O)[C@H](CCCN=C(N)N)NC(=O)[C@H](Cc1ccccc1)NC(=O)[C@@H](N)Cc1ccc(O)cc1)C(=O)O. The molecule has 420 valence electrons. The number of amides is 6. The van der Waals surface area contributed by atoms with Crippen molar-refractivity contribution in [3.05, 3.63) is 131 Å². The summed E-state index contributed by atoms with van der Waals surface area (Å²) in [5.74, 6) is -6.56. The van der Waals surface area contributed by atoms with Gasteiger partial charge in [0.1, 0.15) is 47.8 Å². The van der Waals surface area contributed by atoms with E-state index in [1.807, 2.05) is 0 Å². The molecular weight excluding hydrogens is 1000 g/mol. The van der Waals surface area contributed by atoms with E-state index >= 15 is 0 Å². The molecule has 0 radical (unpaired) electrons. The van der Waals surface area contributed by atoms with Crippen molar-refractivity contribution in [1.29, 1.82) is 0 Å². The maximum Gasteiger partial charge on any atom is 0.326 e. The number of hydrogen-bond donors (Lipinski definition) is 15. The highest BCUT2D eigenvalue weighted by atomic mass is 16.4. The van der Waals surface area contributed by atoms with Crippen LogP contribution in [0.3, 0.4) is 0 Å². The summed E-state index contributed by atoms with van der Waals surface area (Å²) in [5.41, 5.74) is 36.5. The van der Waals surface area contributed by atoms with E-state index in [1.165, 1.54) is 36.4 Å². The Morgan fingerprint density at radius 3 is 1.10 bits per heavy atom. The molecule has 0 aromatic heterocycles. The monoisotopic (exact) mass is 1080 g/mol. The van der Waals surface area contributed by atoms with Crippen molar-refractivity contribution in [2.45, 2.75) is 113 Å². The fourth-order valence-corrected chi connectivity index (χ4v) is 8.11. The van der Waals surface area contributed by atoms with Gasteiger partial charge in [0.25, 0.3) is 0 Å². The number of carboxylic acid groups (broad SMARTS) is 1. The molecule has 0 spiro atoms. The van der Waals surface area contributed by atoms with Crippen molar-refractivity contribution in [3.8, 4) is 11.5 Å². The van der Waals surface area contributed by atoms with E-state index < -0.39 is 83.7 Å². The van der Waals surface area contributed by atoms with Crippen LogP contribution in [0.5, 0.6) is 11.5 Å². The Bertz CT molecular complexity index is 2620. The molecule has 0 aliphatic heterocycles. The number of guanidine groups is 2. The van der Waals surface area contributed by atoms with Gasteiger partial charge in [-0.15, -0.1) is 0 Å². The summed E-state index contributed by atoms with van der Waals surface area (Å²) in [6.07, 6.45) is 0.922. The maximum absolute atomic E-state index is 14.8. The molecule has 0 heterocycles. The van der Waals surface area contributed by atoms with E-state index in [9.17, 15) is 48.9 Å². The molecule has 0 fully saturated rings. The molecule has 24 nitrogen and oxygen atoms in total. The van der Waals surface area contributed by atoms with Crippen LogP contribution < -0.4 is 66.3 Å². The lowest BCUT2D eigenvalue weighted by Gasteiger charge is -2.28. The summed E-state index contributed by atoms with van der Waals surface area (Å²) in [4.78, 5) is 106. The lowest BCUT2D eigenvalue weighted by atomic mass is 10.0. The highest BCUT2D eigenvalue weighted by Crippen LogP contribution is 2.15. The van der Waals surface area contributed by atoms with Crippen molar-refractivity contribution >= 4 is 53.3 Å². The topological polar surface area (TPSA) is 433 Å². The van der Waals surface area contributed by atoms with Crippen LogP contribution in [0.25, 0.3) is 0 Å². The van der Waals surface area contributed by atoms with Gasteiger partial charge in [-0.25, -0.2) is 4.79 Å². The van der Waals surface area contributed by atoms with Gasteiger partial charge in [-0.1, -0.05) is 84.9 Å². The number of nitrogens with one attached hydrogen (secondary N) is 6. The quantitative estimate of drug-likeness (QED) is 0.0153. The van der Waals surface area contributed by atoms with Gasteiger partial charge in [-0.3, -0.25) is 38.8 Å². The van der Waals surface area contributed by atoms with E-state index in [0.29, 0.717) is 41.6 Å². The molecule has 21 N–H and O–H groups in total. The van der Waals surface area contributed by atoms with Gasteiger partial charge in [0, 0.05) is 32.4 Å². The smallest absolute Gasteiger partial charge is 0.326 e. The molecule has 78 heavy (non-hydrogen) atoms. The molecule has 6 amide bonds. The number of phenolic OH excluding ortho intramolecular Hbond substituents is 2. The van der Waals surface area contributed by atoms with Crippen molar-refractivity contribution in [3.63, 3.8) is 0 Å². The fourth-order valence-electron chi connectivity index (χ4n) is 8.11. The fraction of sp³-hybridized carbons (Fsp3) is 0.389. The molecule has 0 saturated heterocycles. The zero-order valence-corrected chi connectivity index (χ0v) is 43.4. The van der Waals surface area contributed by atoms with Gasteiger partial charge in [0.15, 0.2) is 11.9 Å². The molecule has 7 atom stereocenters. The Morgan fingerprint density at radius 1 is 0.410 bits per heavy atom. The van der Waals surface area contributed by atoms with E-state index in [0.717, 1.165) is 0 Å². The molecule has 0 unspecified atom stereocenters. The van der Waals surface area contributed by atoms with E-state index in [2.05, 4.69) is 41.9 Å². The van der Waals surface area contributed by atoms with Gasteiger partial charge in [-0.05, 0) is 104 Å². The van der Waals surface area contributed by atoms with Crippen LogP contribution in [0.4, 0.5) is 0 Å². The zero-order chi connectivity index (χ0) is 57.0. The normalized spacial score (nSPS) is 13.6. The van der Waals surface area contributed by atoms with Gasteiger partial charge in [0.05, 0.1) is 6.04 Å². The number of benzene rings is 4. The number of hydrogen-bond acceptors (Lipinski definition) is 13. The second-order valence-electron chi connectivity index (χ2n) is 18.6. The lowest BCUT2D eigenvalue weighted by Crippen LogP contribution is -2.60. The predicted molar refractivity (Wildman–Crippen MR) is 294 cm³/mol. The van der Waals surface area contributed by atoms with Crippen LogP contribution in [0, 0.1) is 0 Å². The van der Waals surface area contributed by atoms with Gasteiger partial charge < -0.3 is 81.6 Å². The molecule has 0 bridgehead atoms. The average Bonchev–Trinajstić information content (AvgIpc) is 3.41. The zero-order valence-electron chi connectivity index (χ0n) is 43.4. The molecule has 4 aromatic carbocycles. The van der Waals surface area contributed by atoms with Crippen LogP contribution in [-0.2, 0) is 59.2 Å². The molecule has 4 aromatic rings. The van der Waals surface area contributed by atoms with Crippen molar-refractivity contribution < 1.29 is 48.9 Å². The number of aliphatic carboxylic acids is 1.